The van der Waals surface area contributed by atoms with Crippen molar-refractivity contribution in [3.05, 3.63) is 52.6 Å². The minimum atomic E-state index is -3.71. The molecule has 2 aliphatic rings. The third-order valence-corrected chi connectivity index (χ3v) is 8.18. The van der Waals surface area contributed by atoms with E-state index in [1.807, 2.05) is 13.8 Å². The zero-order valence-corrected chi connectivity index (χ0v) is 19.8. The van der Waals surface area contributed by atoms with Crippen LogP contribution in [0, 0.1) is 13.8 Å². The molecule has 1 saturated heterocycles. The highest BCUT2D eigenvalue weighted by molar-refractivity contribution is 7.89. The van der Waals surface area contributed by atoms with E-state index in [2.05, 4.69) is 39.8 Å². The molecule has 0 saturated carbocycles. The zero-order chi connectivity index (χ0) is 22.2. The van der Waals surface area contributed by atoms with Gasteiger partial charge < -0.3 is 9.64 Å². The average molecular weight is 444 g/mol. The highest BCUT2D eigenvalue weighted by atomic mass is 32.2. The number of sulfonamides is 1. The quantitative estimate of drug-likeness (QED) is 0.711. The summed E-state index contributed by atoms with van der Waals surface area (Å²) in [5.74, 6) is 0.383. The number of benzene rings is 2. The number of nitrogens with one attached hydrogen (secondary N) is 1. The smallest absolute Gasteiger partial charge is 0.244 e. The molecule has 0 bridgehead atoms. The molecule has 0 unspecified atom stereocenters. The summed E-state index contributed by atoms with van der Waals surface area (Å²) in [4.78, 5) is 4.88. The second kappa shape index (κ2) is 8.81. The molecule has 0 amide bonds. The molecule has 0 aromatic heterocycles. The Kier molecular flexibility index (Phi) is 6.28. The number of anilines is 1. The molecule has 2 heterocycles. The maximum absolute atomic E-state index is 13.2. The largest absolute Gasteiger partial charge is 0.495 e. The Morgan fingerprint density at radius 2 is 1.77 bits per heavy atom. The van der Waals surface area contributed by atoms with Gasteiger partial charge in [-0.05, 0) is 86.7 Å². The van der Waals surface area contributed by atoms with E-state index < -0.39 is 10.0 Å². The van der Waals surface area contributed by atoms with Crippen LogP contribution in [0.1, 0.15) is 41.1 Å². The van der Waals surface area contributed by atoms with E-state index in [-0.39, 0.29) is 10.9 Å². The van der Waals surface area contributed by atoms with E-state index >= 15 is 0 Å². The number of likely N-dealkylation sites (N-methyl/N-ethyl adjacent to an activating group) is 1. The number of aryl methyl sites for hydroxylation is 2. The Morgan fingerprint density at radius 1 is 1.06 bits per heavy atom. The summed E-state index contributed by atoms with van der Waals surface area (Å²) in [5.41, 5.74) is 5.76. The Balaban J connectivity index is 1.61. The second-order valence-corrected chi connectivity index (χ2v) is 10.5. The molecule has 1 fully saturated rings. The van der Waals surface area contributed by atoms with Crippen molar-refractivity contribution in [2.75, 3.05) is 45.2 Å². The molecule has 0 aliphatic carbocycles. The number of ether oxygens (including phenoxy) is 1. The van der Waals surface area contributed by atoms with Gasteiger partial charge in [0, 0.05) is 31.9 Å². The Hall–Kier alpha value is -2.09. The first kappa shape index (κ1) is 22.1. The summed E-state index contributed by atoms with van der Waals surface area (Å²) < 4.78 is 34.8. The molecule has 168 valence electrons. The van der Waals surface area contributed by atoms with Crippen LogP contribution >= 0.6 is 0 Å². The van der Waals surface area contributed by atoms with Crippen molar-refractivity contribution in [1.82, 2.24) is 9.62 Å². The summed E-state index contributed by atoms with van der Waals surface area (Å²) >= 11 is 0. The van der Waals surface area contributed by atoms with Gasteiger partial charge in [0.05, 0.1) is 7.11 Å². The van der Waals surface area contributed by atoms with Gasteiger partial charge in [-0.25, -0.2) is 13.1 Å². The Bertz CT molecular complexity index is 1060. The van der Waals surface area contributed by atoms with Gasteiger partial charge in [0.15, 0.2) is 0 Å². The lowest BCUT2D eigenvalue weighted by atomic mass is 10.0. The summed E-state index contributed by atoms with van der Waals surface area (Å²) in [7, 11) is -0.0739. The minimum Gasteiger partial charge on any atom is -0.495 e. The first-order chi connectivity index (χ1) is 14.8. The van der Waals surface area contributed by atoms with Gasteiger partial charge in [-0.15, -0.1) is 0 Å². The van der Waals surface area contributed by atoms with Crippen LogP contribution in [0.25, 0.3) is 0 Å². The van der Waals surface area contributed by atoms with Crippen molar-refractivity contribution >= 4 is 15.7 Å². The highest BCUT2D eigenvalue weighted by Crippen LogP contribution is 2.33. The molecule has 2 aromatic rings. The molecule has 1 atom stereocenters. The summed E-state index contributed by atoms with van der Waals surface area (Å²) in [6, 6.07) is 10.1. The van der Waals surface area contributed by atoms with E-state index in [4.69, 9.17) is 4.74 Å². The van der Waals surface area contributed by atoms with Gasteiger partial charge in [-0.2, -0.15) is 0 Å². The van der Waals surface area contributed by atoms with Crippen LogP contribution in [-0.2, 0) is 16.4 Å². The van der Waals surface area contributed by atoms with E-state index in [1.54, 1.807) is 12.1 Å². The molecule has 0 spiro atoms. The van der Waals surface area contributed by atoms with Gasteiger partial charge >= 0.3 is 0 Å². The maximum Gasteiger partial charge on any atom is 0.244 e. The van der Waals surface area contributed by atoms with Crippen molar-refractivity contribution in [1.29, 1.82) is 0 Å². The summed E-state index contributed by atoms with van der Waals surface area (Å²) in [6.45, 7) is 7.24. The lowest BCUT2D eigenvalue weighted by Gasteiger charge is -2.29. The average Bonchev–Trinajstić information content (AvgIpc) is 3.40. The Labute approximate surface area is 186 Å². The predicted molar refractivity (Wildman–Crippen MR) is 125 cm³/mol. The second-order valence-electron chi connectivity index (χ2n) is 8.76. The molecular weight excluding hydrogens is 410 g/mol. The number of nitrogens with zero attached hydrogens (tertiary/aromatic N) is 2. The number of methoxy groups -OCH3 is 1. The Morgan fingerprint density at radius 3 is 2.48 bits per heavy atom. The van der Waals surface area contributed by atoms with E-state index in [1.165, 1.54) is 23.9 Å². The fourth-order valence-corrected chi connectivity index (χ4v) is 5.98. The van der Waals surface area contributed by atoms with Gasteiger partial charge in [0.1, 0.15) is 10.6 Å². The molecule has 6 nitrogen and oxygen atoms in total. The minimum absolute atomic E-state index is 0.0195. The van der Waals surface area contributed by atoms with Gasteiger partial charge in [0.25, 0.3) is 0 Å². The molecule has 2 aliphatic heterocycles. The molecule has 2 aromatic carbocycles. The number of likely N-dealkylation sites (tertiary alicyclic amines) is 1. The van der Waals surface area contributed by atoms with Crippen molar-refractivity contribution in [2.45, 2.75) is 44.0 Å². The monoisotopic (exact) mass is 443 g/mol. The van der Waals surface area contributed by atoms with Crippen LogP contribution in [0.15, 0.2) is 35.2 Å². The number of hydrogen-bond donors (Lipinski definition) is 1. The zero-order valence-electron chi connectivity index (χ0n) is 18.9. The fourth-order valence-electron chi connectivity index (χ4n) is 4.70. The van der Waals surface area contributed by atoms with Gasteiger partial charge in [-0.3, -0.25) is 4.90 Å². The van der Waals surface area contributed by atoms with Crippen LogP contribution < -0.4 is 14.4 Å². The van der Waals surface area contributed by atoms with Crippen LogP contribution in [0.4, 0.5) is 5.69 Å². The van der Waals surface area contributed by atoms with Gasteiger partial charge in [0.2, 0.25) is 10.0 Å². The molecule has 7 heteroatoms. The normalized spacial score (nSPS) is 17.7. The van der Waals surface area contributed by atoms with Crippen LogP contribution in [-0.4, -0.2) is 53.7 Å². The summed E-state index contributed by atoms with van der Waals surface area (Å²) in [6.07, 6.45) is 3.35. The topological polar surface area (TPSA) is 61.9 Å². The van der Waals surface area contributed by atoms with Crippen LogP contribution in [0.3, 0.4) is 0 Å². The summed E-state index contributed by atoms with van der Waals surface area (Å²) in [5, 5.41) is 0. The third-order valence-electron chi connectivity index (χ3n) is 6.73. The van der Waals surface area contributed by atoms with E-state index in [0.717, 1.165) is 50.0 Å². The van der Waals surface area contributed by atoms with Crippen molar-refractivity contribution in [2.24, 2.45) is 0 Å². The molecule has 0 radical (unpaired) electrons. The lowest BCUT2D eigenvalue weighted by molar-refractivity contribution is 0.246. The third kappa shape index (κ3) is 4.45. The molecule has 4 rings (SSSR count). The van der Waals surface area contributed by atoms with Crippen molar-refractivity contribution in [3.8, 4) is 5.75 Å². The molecule has 1 N–H and O–H groups in total. The van der Waals surface area contributed by atoms with E-state index in [0.29, 0.717) is 12.3 Å². The van der Waals surface area contributed by atoms with Crippen molar-refractivity contribution < 1.29 is 13.2 Å². The maximum atomic E-state index is 13.2. The first-order valence-corrected chi connectivity index (χ1v) is 12.5. The number of hydrogen-bond acceptors (Lipinski definition) is 5. The standard InChI is InChI=1S/C24H33N3O3S/c1-17-13-23(30-4)24(14-18(17)2)31(28,29)25-16-22(27-10-5-6-11-27)19-7-8-21-20(15-19)9-12-26(21)3/h7-8,13-15,22,25H,5-6,9-12,16H2,1-4H3/t22-/m0/s1. The lowest BCUT2D eigenvalue weighted by Crippen LogP contribution is -2.37. The fraction of sp³-hybridized carbons (Fsp3) is 0.500. The first-order valence-electron chi connectivity index (χ1n) is 11.0. The molecular formula is C24H33N3O3S. The predicted octanol–water partition coefficient (Wildman–Crippen LogP) is 3.42. The molecule has 31 heavy (non-hydrogen) atoms. The highest BCUT2D eigenvalue weighted by Gasteiger charge is 2.28. The SMILES string of the molecule is COc1cc(C)c(C)cc1S(=O)(=O)NC[C@@H](c1ccc2c(c1)CCN2C)N1CCCC1. The van der Waals surface area contributed by atoms with Crippen molar-refractivity contribution in [3.63, 3.8) is 0 Å². The van der Waals surface area contributed by atoms with Crippen LogP contribution in [0.2, 0.25) is 0 Å². The van der Waals surface area contributed by atoms with Crippen LogP contribution in [0.5, 0.6) is 5.75 Å². The van der Waals surface area contributed by atoms with Gasteiger partial charge in [-0.1, -0.05) is 12.1 Å². The van der Waals surface area contributed by atoms with E-state index in [9.17, 15) is 8.42 Å². The number of fused-ring (bicyclic) bond motifs is 1. The number of rotatable bonds is 7.